The quantitative estimate of drug-likeness (QED) is 0.455. The third-order valence-corrected chi connectivity index (χ3v) is 4.02. The molecule has 3 N–H and O–H groups in total. The van der Waals surface area contributed by atoms with Crippen LogP contribution in [0.15, 0.2) is 54.6 Å². The molecule has 0 saturated heterocycles. The number of thiocarbonyl (C=S) groups is 1. The van der Waals surface area contributed by atoms with Crippen LogP contribution in [-0.2, 0) is 20.9 Å². The van der Waals surface area contributed by atoms with Crippen molar-refractivity contribution in [1.29, 1.82) is 0 Å². The van der Waals surface area contributed by atoms with E-state index in [1.807, 2.05) is 30.3 Å². The molecule has 2 amide bonds. The van der Waals surface area contributed by atoms with E-state index >= 15 is 0 Å². The molecule has 0 unspecified atom stereocenters. The maximum absolute atomic E-state index is 12.2. The largest absolute Gasteiger partial charge is 0.466 e. The van der Waals surface area contributed by atoms with E-state index in [0.29, 0.717) is 17.8 Å². The molecule has 29 heavy (non-hydrogen) atoms. The van der Waals surface area contributed by atoms with Crippen molar-refractivity contribution < 1.29 is 19.1 Å². The summed E-state index contributed by atoms with van der Waals surface area (Å²) in [7, 11) is 0. The van der Waals surface area contributed by atoms with Crippen LogP contribution in [0.1, 0.15) is 35.7 Å². The predicted molar refractivity (Wildman–Crippen MR) is 114 cm³/mol. The lowest BCUT2D eigenvalue weighted by Crippen LogP contribution is -2.34. The van der Waals surface area contributed by atoms with Crippen molar-refractivity contribution >= 4 is 40.8 Å². The highest BCUT2D eigenvalue weighted by Crippen LogP contribution is 2.10. The molecule has 0 fully saturated rings. The Hall–Kier alpha value is -3.26. The van der Waals surface area contributed by atoms with E-state index < -0.39 is 5.97 Å². The van der Waals surface area contributed by atoms with Crippen LogP contribution in [0.4, 0.5) is 5.69 Å². The Balaban J connectivity index is 1.77. The van der Waals surface area contributed by atoms with E-state index in [0.717, 1.165) is 5.56 Å². The van der Waals surface area contributed by atoms with Crippen LogP contribution in [0.3, 0.4) is 0 Å². The van der Waals surface area contributed by atoms with E-state index in [1.165, 1.54) is 0 Å². The van der Waals surface area contributed by atoms with Crippen molar-refractivity contribution in [2.45, 2.75) is 26.3 Å². The standard InChI is InChI=1S/C21H23N3O4S/c1-2-28-19(26)13-12-18(25)24-21(29)23-17-10-8-16(9-11-17)20(27)22-14-15-6-4-3-5-7-15/h3-11H,2,12-14H2,1H3,(H,22,27)(H2,23,24,25,29). The molecule has 0 spiro atoms. The van der Waals surface area contributed by atoms with Gasteiger partial charge in [0, 0.05) is 24.2 Å². The summed E-state index contributed by atoms with van der Waals surface area (Å²) in [5, 5.41) is 8.32. The minimum atomic E-state index is -0.428. The third-order valence-electron chi connectivity index (χ3n) is 3.82. The first-order valence-electron chi connectivity index (χ1n) is 9.16. The number of nitrogens with one attached hydrogen (secondary N) is 3. The van der Waals surface area contributed by atoms with E-state index in [1.54, 1.807) is 31.2 Å². The summed E-state index contributed by atoms with van der Waals surface area (Å²) in [5.74, 6) is -0.995. The summed E-state index contributed by atoms with van der Waals surface area (Å²) in [4.78, 5) is 35.3. The fourth-order valence-electron chi connectivity index (χ4n) is 2.39. The number of hydrogen-bond donors (Lipinski definition) is 3. The molecule has 0 aliphatic carbocycles. The fraction of sp³-hybridized carbons (Fsp3) is 0.238. The summed E-state index contributed by atoms with van der Waals surface area (Å²) in [6.45, 7) is 2.43. The molecule has 0 aliphatic heterocycles. The van der Waals surface area contributed by atoms with Crippen LogP contribution in [-0.4, -0.2) is 29.5 Å². The lowest BCUT2D eigenvalue weighted by Gasteiger charge is -2.10. The SMILES string of the molecule is CCOC(=O)CCC(=O)NC(=S)Nc1ccc(C(=O)NCc2ccccc2)cc1. The Labute approximate surface area is 174 Å². The Morgan fingerprint density at radius 3 is 2.31 bits per heavy atom. The second-order valence-corrected chi connectivity index (χ2v) is 6.46. The van der Waals surface area contributed by atoms with Crippen molar-refractivity contribution in [3.8, 4) is 0 Å². The highest BCUT2D eigenvalue weighted by molar-refractivity contribution is 7.80. The highest BCUT2D eigenvalue weighted by atomic mass is 32.1. The Morgan fingerprint density at radius 2 is 1.66 bits per heavy atom. The maximum Gasteiger partial charge on any atom is 0.306 e. The molecule has 8 heteroatoms. The number of benzene rings is 2. The van der Waals surface area contributed by atoms with Gasteiger partial charge in [-0.2, -0.15) is 0 Å². The van der Waals surface area contributed by atoms with Crippen LogP contribution < -0.4 is 16.0 Å². The summed E-state index contributed by atoms with van der Waals surface area (Å²) in [5.41, 5.74) is 2.15. The highest BCUT2D eigenvalue weighted by Gasteiger charge is 2.10. The first-order chi connectivity index (χ1) is 14.0. The Bertz CT molecular complexity index is 854. The third kappa shape index (κ3) is 8.10. The average molecular weight is 413 g/mol. The Morgan fingerprint density at radius 1 is 0.966 bits per heavy atom. The number of anilines is 1. The average Bonchev–Trinajstić information content (AvgIpc) is 2.72. The molecule has 2 aromatic carbocycles. The van der Waals surface area contributed by atoms with E-state index in [9.17, 15) is 14.4 Å². The van der Waals surface area contributed by atoms with Gasteiger partial charge in [-0.25, -0.2) is 0 Å². The lowest BCUT2D eigenvalue weighted by molar-refractivity contribution is -0.144. The number of hydrogen-bond acceptors (Lipinski definition) is 5. The first-order valence-corrected chi connectivity index (χ1v) is 9.57. The second-order valence-electron chi connectivity index (χ2n) is 6.05. The molecule has 152 valence electrons. The lowest BCUT2D eigenvalue weighted by atomic mass is 10.2. The molecular weight excluding hydrogens is 390 g/mol. The summed E-state index contributed by atoms with van der Waals surface area (Å²) in [6.07, 6.45) is -0.0176. The minimum Gasteiger partial charge on any atom is -0.466 e. The molecule has 0 aliphatic rings. The zero-order valence-electron chi connectivity index (χ0n) is 16.1. The predicted octanol–water partition coefficient (Wildman–Crippen LogP) is 2.77. The molecule has 0 atom stereocenters. The molecule has 0 heterocycles. The number of carbonyl (C=O) groups excluding carboxylic acids is 3. The van der Waals surface area contributed by atoms with Crippen LogP contribution in [0, 0.1) is 0 Å². The van der Waals surface area contributed by atoms with Gasteiger partial charge in [0.1, 0.15) is 0 Å². The molecule has 2 aromatic rings. The Kier molecular flexibility index (Phi) is 8.78. The smallest absolute Gasteiger partial charge is 0.306 e. The van der Waals surface area contributed by atoms with Gasteiger partial charge in [0.2, 0.25) is 5.91 Å². The van der Waals surface area contributed by atoms with Gasteiger partial charge in [0.05, 0.1) is 13.0 Å². The number of carbonyl (C=O) groups is 3. The van der Waals surface area contributed by atoms with Crippen LogP contribution >= 0.6 is 12.2 Å². The van der Waals surface area contributed by atoms with Crippen molar-refractivity contribution in [3.63, 3.8) is 0 Å². The van der Waals surface area contributed by atoms with E-state index in [4.69, 9.17) is 17.0 Å². The zero-order chi connectivity index (χ0) is 21.1. The number of amides is 2. The zero-order valence-corrected chi connectivity index (χ0v) is 16.9. The van der Waals surface area contributed by atoms with E-state index in [2.05, 4.69) is 16.0 Å². The van der Waals surface area contributed by atoms with Crippen molar-refractivity contribution in [2.24, 2.45) is 0 Å². The molecule has 0 saturated carbocycles. The van der Waals surface area contributed by atoms with Gasteiger partial charge in [0.15, 0.2) is 5.11 Å². The van der Waals surface area contributed by atoms with Gasteiger partial charge in [-0.15, -0.1) is 0 Å². The number of esters is 1. The van der Waals surface area contributed by atoms with Crippen LogP contribution in [0.25, 0.3) is 0 Å². The second kappa shape index (κ2) is 11.6. The van der Waals surface area contributed by atoms with Gasteiger partial charge < -0.3 is 20.7 Å². The molecule has 7 nitrogen and oxygen atoms in total. The molecule has 0 radical (unpaired) electrons. The minimum absolute atomic E-state index is 0.00488. The summed E-state index contributed by atoms with van der Waals surface area (Å²) in [6, 6.07) is 16.3. The molecule has 0 aromatic heterocycles. The summed E-state index contributed by atoms with van der Waals surface area (Å²) >= 11 is 5.09. The monoisotopic (exact) mass is 413 g/mol. The molecule has 2 rings (SSSR count). The number of rotatable bonds is 8. The fourth-order valence-corrected chi connectivity index (χ4v) is 2.62. The normalized spacial score (nSPS) is 9.97. The van der Waals surface area contributed by atoms with Crippen molar-refractivity contribution in [1.82, 2.24) is 10.6 Å². The molecular formula is C21H23N3O4S. The van der Waals surface area contributed by atoms with Crippen LogP contribution in [0.2, 0.25) is 0 Å². The number of ether oxygens (including phenoxy) is 1. The van der Waals surface area contributed by atoms with Gasteiger partial charge in [-0.3, -0.25) is 14.4 Å². The van der Waals surface area contributed by atoms with E-state index in [-0.39, 0.29) is 36.4 Å². The van der Waals surface area contributed by atoms with Crippen LogP contribution in [0.5, 0.6) is 0 Å². The molecule has 0 bridgehead atoms. The van der Waals surface area contributed by atoms with Gasteiger partial charge in [-0.05, 0) is 49.0 Å². The van der Waals surface area contributed by atoms with Crippen molar-refractivity contribution in [3.05, 3.63) is 65.7 Å². The van der Waals surface area contributed by atoms with Gasteiger partial charge >= 0.3 is 5.97 Å². The maximum atomic E-state index is 12.2. The van der Waals surface area contributed by atoms with Gasteiger partial charge in [-0.1, -0.05) is 30.3 Å². The first kappa shape index (κ1) is 22.0. The van der Waals surface area contributed by atoms with Gasteiger partial charge in [0.25, 0.3) is 5.91 Å². The summed E-state index contributed by atoms with van der Waals surface area (Å²) < 4.78 is 4.77. The topological polar surface area (TPSA) is 96.5 Å². The van der Waals surface area contributed by atoms with Crippen molar-refractivity contribution in [2.75, 3.05) is 11.9 Å².